The number of hydrogen-bond donors (Lipinski definition) is 2. The van der Waals surface area contributed by atoms with Gasteiger partial charge in [-0.2, -0.15) is 0 Å². The highest BCUT2D eigenvalue weighted by atomic mass is 16.2. The van der Waals surface area contributed by atoms with Crippen LogP contribution in [0.1, 0.15) is 32.6 Å². The lowest BCUT2D eigenvalue weighted by Crippen LogP contribution is -2.51. The molecule has 25 heavy (non-hydrogen) atoms. The molecule has 0 spiro atoms. The summed E-state index contributed by atoms with van der Waals surface area (Å²) >= 11 is 0. The molecule has 3 rings (SSSR count). The Morgan fingerprint density at radius 1 is 1.00 bits per heavy atom. The van der Waals surface area contributed by atoms with Gasteiger partial charge in [-0.05, 0) is 25.0 Å². The van der Waals surface area contributed by atoms with Gasteiger partial charge < -0.3 is 10.6 Å². The number of rotatable bonds is 5. The van der Waals surface area contributed by atoms with Gasteiger partial charge in [0, 0.05) is 39.1 Å². The fourth-order valence-corrected chi connectivity index (χ4v) is 3.84. The van der Waals surface area contributed by atoms with Gasteiger partial charge in [0.2, 0.25) is 11.8 Å². The van der Waals surface area contributed by atoms with Crippen molar-refractivity contribution in [3.63, 3.8) is 0 Å². The molecule has 6 nitrogen and oxygen atoms in total. The third kappa shape index (κ3) is 5.03. The molecule has 2 aliphatic rings. The van der Waals surface area contributed by atoms with Gasteiger partial charge in [-0.15, -0.1) is 0 Å². The maximum atomic E-state index is 12.4. The summed E-state index contributed by atoms with van der Waals surface area (Å²) in [5.41, 5.74) is 1.28. The third-order valence-corrected chi connectivity index (χ3v) is 5.13. The predicted molar refractivity (Wildman–Crippen MR) is 99.6 cm³/mol. The molecule has 2 N–H and O–H groups in total. The molecule has 2 amide bonds. The van der Waals surface area contributed by atoms with Gasteiger partial charge in [-0.25, -0.2) is 0 Å². The van der Waals surface area contributed by atoms with Gasteiger partial charge in [0.15, 0.2) is 0 Å². The highest BCUT2D eigenvalue weighted by Crippen LogP contribution is 2.24. The van der Waals surface area contributed by atoms with E-state index >= 15 is 0 Å². The lowest BCUT2D eigenvalue weighted by atomic mass is 10.2. The largest absolute Gasteiger partial charge is 0.325 e. The monoisotopic (exact) mass is 344 g/mol. The average molecular weight is 344 g/mol. The third-order valence-electron chi connectivity index (χ3n) is 5.13. The van der Waals surface area contributed by atoms with Gasteiger partial charge in [-0.1, -0.05) is 25.0 Å². The Balaban J connectivity index is 1.48. The molecule has 0 atom stereocenters. The van der Waals surface area contributed by atoms with Crippen molar-refractivity contribution < 1.29 is 9.59 Å². The zero-order valence-electron chi connectivity index (χ0n) is 15.0. The first-order valence-corrected chi connectivity index (χ1v) is 9.24. The minimum atomic E-state index is -0.148. The van der Waals surface area contributed by atoms with E-state index in [2.05, 4.69) is 20.4 Å². The number of anilines is 2. The van der Waals surface area contributed by atoms with Crippen molar-refractivity contribution in [3.8, 4) is 0 Å². The van der Waals surface area contributed by atoms with Crippen LogP contribution in [0.2, 0.25) is 0 Å². The summed E-state index contributed by atoms with van der Waals surface area (Å²) < 4.78 is 0. The van der Waals surface area contributed by atoms with E-state index in [9.17, 15) is 9.59 Å². The lowest BCUT2D eigenvalue weighted by molar-refractivity contribution is -0.118. The van der Waals surface area contributed by atoms with Crippen molar-refractivity contribution in [2.24, 2.45) is 0 Å². The van der Waals surface area contributed by atoms with Crippen LogP contribution < -0.4 is 10.6 Å². The van der Waals surface area contributed by atoms with Crippen LogP contribution in [0.4, 0.5) is 11.4 Å². The standard InChI is InChI=1S/C19H28N4O2/c1-15(24)20-17-8-4-5-9-18(17)21-19(25)14-22-10-12-23(13-11-22)16-6-2-3-7-16/h4-5,8-9,16H,2-3,6-7,10-14H2,1H3,(H,20,24)(H,21,25). The minimum absolute atomic E-state index is 0.0351. The van der Waals surface area contributed by atoms with Gasteiger partial charge in [0.25, 0.3) is 0 Å². The topological polar surface area (TPSA) is 64.7 Å². The number of amides is 2. The molecule has 0 bridgehead atoms. The molecule has 136 valence electrons. The second-order valence-electron chi connectivity index (χ2n) is 7.03. The molecule has 0 aromatic heterocycles. The summed E-state index contributed by atoms with van der Waals surface area (Å²) in [6, 6.07) is 8.05. The number of carbonyl (C=O) groups excluding carboxylic acids is 2. The van der Waals surface area contributed by atoms with Gasteiger partial charge >= 0.3 is 0 Å². The van der Waals surface area contributed by atoms with E-state index < -0.39 is 0 Å². The molecule has 0 unspecified atom stereocenters. The van der Waals surface area contributed by atoms with Crippen molar-refractivity contribution in [1.29, 1.82) is 0 Å². The fourth-order valence-electron chi connectivity index (χ4n) is 3.84. The Morgan fingerprint density at radius 2 is 1.60 bits per heavy atom. The van der Waals surface area contributed by atoms with Crippen LogP contribution in [0, 0.1) is 0 Å². The summed E-state index contributed by atoms with van der Waals surface area (Å²) in [7, 11) is 0. The van der Waals surface area contributed by atoms with Crippen LogP contribution in [0.15, 0.2) is 24.3 Å². The zero-order valence-corrected chi connectivity index (χ0v) is 15.0. The molecule has 1 saturated carbocycles. The average Bonchev–Trinajstić information content (AvgIpc) is 3.11. The minimum Gasteiger partial charge on any atom is -0.325 e. The van der Waals surface area contributed by atoms with E-state index in [0.29, 0.717) is 17.9 Å². The summed E-state index contributed by atoms with van der Waals surface area (Å²) in [6.07, 6.45) is 5.39. The van der Waals surface area contributed by atoms with Crippen molar-refractivity contribution in [2.75, 3.05) is 43.4 Å². The highest BCUT2D eigenvalue weighted by Gasteiger charge is 2.26. The van der Waals surface area contributed by atoms with Crippen LogP contribution in [-0.4, -0.2) is 60.4 Å². The van der Waals surface area contributed by atoms with Gasteiger partial charge in [-0.3, -0.25) is 19.4 Å². The smallest absolute Gasteiger partial charge is 0.238 e. The molecule has 6 heteroatoms. The summed E-state index contributed by atoms with van der Waals surface area (Å²) in [5, 5.41) is 5.67. The summed E-state index contributed by atoms with van der Waals surface area (Å²) in [5.74, 6) is -0.183. The summed E-state index contributed by atoms with van der Waals surface area (Å²) in [4.78, 5) is 28.4. The molecule has 1 aliphatic carbocycles. The molecular formula is C19H28N4O2. The van der Waals surface area contributed by atoms with E-state index in [0.717, 1.165) is 32.2 Å². The molecule has 1 aromatic rings. The number of piperazine rings is 1. The Labute approximate surface area is 149 Å². The Kier molecular flexibility index (Phi) is 6.04. The zero-order chi connectivity index (χ0) is 17.6. The first-order valence-electron chi connectivity index (χ1n) is 9.24. The molecule has 1 aromatic carbocycles. The Bertz CT molecular complexity index is 605. The van der Waals surface area contributed by atoms with E-state index in [-0.39, 0.29) is 11.8 Å². The van der Waals surface area contributed by atoms with Crippen LogP contribution in [0.3, 0.4) is 0 Å². The molecule has 2 fully saturated rings. The van der Waals surface area contributed by atoms with Crippen LogP contribution in [-0.2, 0) is 9.59 Å². The first kappa shape index (κ1) is 17.9. The van der Waals surface area contributed by atoms with E-state index in [1.54, 1.807) is 12.1 Å². The second-order valence-corrected chi connectivity index (χ2v) is 7.03. The maximum Gasteiger partial charge on any atom is 0.238 e. The number of hydrogen-bond acceptors (Lipinski definition) is 4. The van der Waals surface area contributed by atoms with Gasteiger partial charge in [0.1, 0.15) is 0 Å². The van der Waals surface area contributed by atoms with Crippen molar-refractivity contribution >= 4 is 23.2 Å². The van der Waals surface area contributed by atoms with Crippen molar-refractivity contribution in [1.82, 2.24) is 9.80 Å². The molecule has 1 aliphatic heterocycles. The van der Waals surface area contributed by atoms with Crippen molar-refractivity contribution in [3.05, 3.63) is 24.3 Å². The molecule has 0 radical (unpaired) electrons. The van der Waals surface area contributed by atoms with E-state index in [1.165, 1.54) is 32.6 Å². The number of para-hydroxylation sites is 2. The number of nitrogens with zero attached hydrogens (tertiary/aromatic N) is 2. The quantitative estimate of drug-likeness (QED) is 0.859. The van der Waals surface area contributed by atoms with Crippen LogP contribution >= 0.6 is 0 Å². The molecule has 1 heterocycles. The normalized spacial score (nSPS) is 19.7. The maximum absolute atomic E-state index is 12.4. The Morgan fingerprint density at radius 3 is 2.20 bits per heavy atom. The number of nitrogens with one attached hydrogen (secondary N) is 2. The van der Waals surface area contributed by atoms with E-state index in [1.807, 2.05) is 12.1 Å². The predicted octanol–water partition coefficient (Wildman–Crippen LogP) is 2.14. The van der Waals surface area contributed by atoms with Gasteiger partial charge in [0.05, 0.1) is 17.9 Å². The lowest BCUT2D eigenvalue weighted by Gasteiger charge is -2.37. The molecule has 1 saturated heterocycles. The van der Waals surface area contributed by atoms with Crippen LogP contribution in [0.5, 0.6) is 0 Å². The van der Waals surface area contributed by atoms with Crippen LogP contribution in [0.25, 0.3) is 0 Å². The SMILES string of the molecule is CC(=O)Nc1ccccc1NC(=O)CN1CCN(C2CCCC2)CC1. The van der Waals surface area contributed by atoms with E-state index in [4.69, 9.17) is 0 Å². The first-order chi connectivity index (χ1) is 12.1. The number of carbonyl (C=O) groups is 2. The highest BCUT2D eigenvalue weighted by molar-refractivity contribution is 5.99. The molecular weight excluding hydrogens is 316 g/mol. The number of benzene rings is 1. The Hall–Kier alpha value is -1.92. The fraction of sp³-hybridized carbons (Fsp3) is 0.579. The summed E-state index contributed by atoms with van der Waals surface area (Å²) in [6.45, 7) is 5.85. The van der Waals surface area contributed by atoms with Crippen molar-refractivity contribution in [2.45, 2.75) is 38.6 Å². The second kappa shape index (κ2) is 8.45.